The number of fused-ring (bicyclic) bond motifs is 5. The van der Waals surface area contributed by atoms with Gasteiger partial charge in [0.25, 0.3) is 0 Å². The number of oxime groups is 1. The van der Waals surface area contributed by atoms with Crippen LogP contribution in [0.15, 0.2) is 35.5 Å². The summed E-state index contributed by atoms with van der Waals surface area (Å²) < 4.78 is 6.68. The Labute approximate surface area is 161 Å². The van der Waals surface area contributed by atoms with Gasteiger partial charge >= 0.3 is 0 Å². The maximum absolute atomic E-state index is 11.1. The highest BCUT2D eigenvalue weighted by molar-refractivity contribution is 5.93. The Morgan fingerprint density at radius 1 is 1.15 bits per heavy atom. The highest BCUT2D eigenvalue weighted by Gasteiger charge is 2.56. The number of carbonyl (C=O) groups excluding carboxylic acids is 1. The van der Waals surface area contributed by atoms with E-state index in [1.165, 1.54) is 19.3 Å². The average Bonchev–Trinajstić information content (AvgIpc) is 3.37. The van der Waals surface area contributed by atoms with Crippen LogP contribution >= 0.6 is 0 Å². The Morgan fingerprint density at radius 2 is 1.89 bits per heavy atom. The van der Waals surface area contributed by atoms with Crippen LogP contribution in [-0.4, -0.2) is 30.4 Å². The second-order valence-electron chi connectivity index (χ2n) is 8.65. The summed E-state index contributed by atoms with van der Waals surface area (Å²) in [5.74, 6) is 2.03. The Morgan fingerprint density at radius 3 is 2.59 bits per heavy atom. The van der Waals surface area contributed by atoms with Crippen molar-refractivity contribution in [2.45, 2.75) is 64.4 Å². The third-order valence-corrected chi connectivity index (χ3v) is 6.56. The van der Waals surface area contributed by atoms with Crippen molar-refractivity contribution in [3.63, 3.8) is 0 Å². The van der Waals surface area contributed by atoms with Gasteiger partial charge in [-0.3, -0.25) is 4.79 Å². The lowest BCUT2D eigenvalue weighted by molar-refractivity contribution is -0.111. The summed E-state index contributed by atoms with van der Waals surface area (Å²) in [6.07, 6.45) is 4.48. The van der Waals surface area contributed by atoms with Gasteiger partial charge in [0, 0.05) is 5.92 Å². The van der Waals surface area contributed by atoms with E-state index >= 15 is 0 Å². The van der Waals surface area contributed by atoms with Crippen molar-refractivity contribution in [1.29, 1.82) is 0 Å². The van der Waals surface area contributed by atoms with Crippen LogP contribution in [0.3, 0.4) is 0 Å². The van der Waals surface area contributed by atoms with Crippen LogP contribution < -0.4 is 5.32 Å². The number of nitrogens with one attached hydrogen (secondary N) is 1. The molecule has 0 saturated heterocycles. The van der Waals surface area contributed by atoms with Crippen molar-refractivity contribution < 1.29 is 14.4 Å². The lowest BCUT2D eigenvalue weighted by Crippen LogP contribution is -2.42. The van der Waals surface area contributed by atoms with E-state index in [-0.39, 0.29) is 30.3 Å². The van der Waals surface area contributed by atoms with Crippen molar-refractivity contribution in [3.8, 4) is 0 Å². The maximum Gasteiger partial charge on any atom is 0.207 e. The van der Waals surface area contributed by atoms with Crippen molar-refractivity contribution in [1.82, 2.24) is 5.32 Å². The quantitative estimate of drug-likeness (QED) is 0.710. The van der Waals surface area contributed by atoms with Crippen molar-refractivity contribution >= 4 is 12.1 Å². The third-order valence-electron chi connectivity index (χ3n) is 6.56. The monoisotopic (exact) mass is 370 g/mol. The molecule has 1 N–H and O–H groups in total. The van der Waals surface area contributed by atoms with E-state index in [9.17, 15) is 4.79 Å². The number of carbonyl (C=O) groups is 1. The van der Waals surface area contributed by atoms with E-state index < -0.39 is 0 Å². The Kier molecular flexibility index (Phi) is 5.22. The molecule has 2 saturated carbocycles. The number of hydrogen-bond donors (Lipinski definition) is 1. The highest BCUT2D eigenvalue weighted by atomic mass is 16.6. The molecule has 2 fully saturated rings. The van der Waals surface area contributed by atoms with Gasteiger partial charge < -0.3 is 14.9 Å². The van der Waals surface area contributed by atoms with Crippen molar-refractivity contribution in [2.24, 2.45) is 28.8 Å². The molecule has 5 nitrogen and oxygen atoms in total. The number of amides is 1. The van der Waals surface area contributed by atoms with Crippen LogP contribution in [0.4, 0.5) is 0 Å². The Balaban J connectivity index is 1.58. The summed E-state index contributed by atoms with van der Waals surface area (Å²) in [6, 6.07) is 9.98. The first kappa shape index (κ1) is 18.5. The molecule has 27 heavy (non-hydrogen) atoms. The Hall–Kier alpha value is -1.88. The number of nitrogens with zero attached hydrogens (tertiary/aromatic N) is 1. The zero-order valence-electron chi connectivity index (χ0n) is 16.4. The van der Waals surface area contributed by atoms with E-state index in [0.29, 0.717) is 17.8 Å². The summed E-state index contributed by atoms with van der Waals surface area (Å²) in [5, 5.41) is 7.41. The first-order valence-electron chi connectivity index (χ1n) is 10.2. The van der Waals surface area contributed by atoms with E-state index in [1.807, 2.05) is 25.1 Å². The molecule has 1 aromatic rings. The highest BCUT2D eigenvalue weighted by Crippen LogP contribution is 2.53. The second-order valence-corrected chi connectivity index (χ2v) is 8.65. The first-order valence-corrected chi connectivity index (χ1v) is 10.2. The zero-order valence-corrected chi connectivity index (χ0v) is 16.4. The molecule has 0 aromatic heterocycles. The topological polar surface area (TPSA) is 59.9 Å². The molecule has 146 valence electrons. The fourth-order valence-corrected chi connectivity index (χ4v) is 5.27. The van der Waals surface area contributed by atoms with E-state index in [0.717, 1.165) is 17.7 Å². The molecule has 1 amide bonds. The molecule has 0 spiro atoms. The van der Waals surface area contributed by atoms with Gasteiger partial charge in [-0.1, -0.05) is 49.3 Å². The largest absolute Gasteiger partial charge is 0.391 e. The fraction of sp³-hybridized carbons (Fsp3) is 0.636. The summed E-state index contributed by atoms with van der Waals surface area (Å²) in [6.45, 7) is 6.33. The number of ether oxygens (including phenoxy) is 1. The molecule has 1 heterocycles. The molecule has 3 aliphatic rings. The predicted molar refractivity (Wildman–Crippen MR) is 104 cm³/mol. The summed E-state index contributed by atoms with van der Waals surface area (Å²) in [7, 11) is 0. The summed E-state index contributed by atoms with van der Waals surface area (Å²) in [4.78, 5) is 16.9. The molecular formula is C22H30N2O3. The van der Waals surface area contributed by atoms with Crippen LogP contribution in [0.5, 0.6) is 0 Å². The van der Waals surface area contributed by atoms with Gasteiger partial charge in [-0.25, -0.2) is 0 Å². The van der Waals surface area contributed by atoms with Gasteiger partial charge in [-0.05, 0) is 49.5 Å². The molecule has 2 bridgehead atoms. The minimum absolute atomic E-state index is 0.111. The fourth-order valence-electron chi connectivity index (χ4n) is 5.27. The van der Waals surface area contributed by atoms with Crippen LogP contribution in [-0.2, 0) is 14.4 Å². The number of benzene rings is 1. The number of hydrogen-bond acceptors (Lipinski definition) is 4. The predicted octanol–water partition coefficient (Wildman–Crippen LogP) is 3.70. The molecule has 0 radical (unpaired) electrons. The van der Waals surface area contributed by atoms with Crippen molar-refractivity contribution in [3.05, 3.63) is 35.9 Å². The minimum atomic E-state index is -0.232. The molecule has 2 aliphatic carbocycles. The maximum atomic E-state index is 11.1. The molecule has 4 rings (SSSR count). The van der Waals surface area contributed by atoms with E-state index in [1.54, 1.807) is 0 Å². The third kappa shape index (κ3) is 3.38. The molecule has 0 unspecified atom stereocenters. The van der Waals surface area contributed by atoms with Gasteiger partial charge in [0.1, 0.15) is 18.3 Å². The van der Waals surface area contributed by atoms with Gasteiger partial charge in [0.15, 0.2) is 0 Å². The zero-order chi connectivity index (χ0) is 19.0. The molecule has 5 heteroatoms. The lowest BCUT2D eigenvalue weighted by Gasteiger charge is -2.33. The van der Waals surface area contributed by atoms with E-state index in [2.05, 4.69) is 36.5 Å². The van der Waals surface area contributed by atoms with Gasteiger partial charge in [-0.2, -0.15) is 0 Å². The van der Waals surface area contributed by atoms with Gasteiger partial charge in [0.05, 0.1) is 11.8 Å². The minimum Gasteiger partial charge on any atom is -0.391 e. The standard InChI is InChI=1S/C22H30N2O3/c1-13(2)20(19-18-16-9-10-17(11-16)22(18)27-24-19)26-21(14(3)23-12-25)15-7-5-4-6-8-15/h4-8,12-14,16-18,20-22H,9-11H2,1-3H3,(H,23,25)/t14-,16+,17-,18+,20+,21-,22+/m0/s1. The summed E-state index contributed by atoms with van der Waals surface area (Å²) >= 11 is 0. The van der Waals surface area contributed by atoms with Crippen molar-refractivity contribution in [2.75, 3.05) is 0 Å². The molecule has 7 atom stereocenters. The van der Waals surface area contributed by atoms with Crippen LogP contribution in [0.25, 0.3) is 0 Å². The molecule has 1 aliphatic heterocycles. The van der Waals surface area contributed by atoms with Crippen LogP contribution in [0, 0.1) is 23.7 Å². The van der Waals surface area contributed by atoms with Crippen LogP contribution in [0.2, 0.25) is 0 Å². The Bertz CT molecular complexity index is 690. The molecule has 1 aromatic carbocycles. The van der Waals surface area contributed by atoms with Gasteiger partial charge in [-0.15, -0.1) is 0 Å². The van der Waals surface area contributed by atoms with E-state index in [4.69, 9.17) is 9.57 Å². The average molecular weight is 370 g/mol. The SMILES string of the molecule is CC(C)[C@@H](O[C@H](c1ccccc1)[C@H](C)NC=O)C1=NO[C@@H]2[C@H]3CC[C@H](C3)[C@H]12. The van der Waals surface area contributed by atoms with Crippen LogP contribution in [0.1, 0.15) is 51.7 Å². The second kappa shape index (κ2) is 7.63. The smallest absolute Gasteiger partial charge is 0.207 e. The van der Waals surface area contributed by atoms with Gasteiger partial charge in [0.2, 0.25) is 6.41 Å². The molecular weight excluding hydrogens is 340 g/mol. The lowest BCUT2D eigenvalue weighted by atomic mass is 9.80. The summed E-state index contributed by atoms with van der Waals surface area (Å²) in [5.41, 5.74) is 2.15. The first-order chi connectivity index (χ1) is 13.1. The number of rotatable bonds is 8. The normalized spacial score (nSPS) is 31.8.